The van der Waals surface area contributed by atoms with E-state index in [1.54, 1.807) is 0 Å². The Labute approximate surface area is 90.5 Å². The number of ether oxygens (including phenoxy) is 2. The van der Waals surface area contributed by atoms with Gasteiger partial charge in [-0.3, -0.25) is 9.59 Å². The minimum absolute atomic E-state index is 0.0544. The van der Waals surface area contributed by atoms with Gasteiger partial charge in [-0.25, -0.2) is 9.59 Å². The van der Waals surface area contributed by atoms with E-state index in [1.807, 2.05) is 0 Å². The van der Waals surface area contributed by atoms with Gasteiger partial charge in [0.05, 0.1) is 12.8 Å². The highest BCUT2D eigenvalue weighted by molar-refractivity contribution is 6.05. The van der Waals surface area contributed by atoms with E-state index >= 15 is 0 Å². The third-order valence-corrected chi connectivity index (χ3v) is 1.71. The maximum Gasteiger partial charge on any atom is 0.341 e. The van der Waals surface area contributed by atoms with Gasteiger partial charge in [0.15, 0.2) is 0 Å². The van der Waals surface area contributed by atoms with Gasteiger partial charge in [0.25, 0.3) is 0 Å². The third kappa shape index (κ3) is 2.88. The van der Waals surface area contributed by atoms with Crippen LogP contribution in [0.5, 0.6) is 0 Å². The Balaban J connectivity index is 0.000000160. The maximum atomic E-state index is 10.2. The lowest BCUT2D eigenvalue weighted by Gasteiger charge is -1.80. The fraction of sp³-hybridized carbons (Fsp3) is 0.200. The molecule has 2 heterocycles. The number of rotatable bonds is 0. The number of carbonyl (C=O) groups is 4. The van der Waals surface area contributed by atoms with E-state index in [0.717, 1.165) is 0 Å². The number of carbonyl (C=O) groups excluding carboxylic acids is 4. The molecule has 0 aromatic rings. The van der Waals surface area contributed by atoms with Crippen LogP contribution in [0.2, 0.25) is 0 Å². The lowest BCUT2D eigenvalue weighted by Crippen LogP contribution is -1.95. The Kier molecular flexibility index (Phi) is 3.34. The van der Waals surface area contributed by atoms with Crippen molar-refractivity contribution in [1.29, 1.82) is 0 Å². The Morgan fingerprint density at radius 2 is 1.06 bits per heavy atom. The normalized spacial score (nSPS) is 19.2. The second-order valence-electron chi connectivity index (χ2n) is 3.08. The van der Waals surface area contributed by atoms with Crippen LogP contribution >= 0.6 is 0 Å². The lowest BCUT2D eigenvalue weighted by atomic mass is 10.3. The highest BCUT2D eigenvalue weighted by atomic mass is 16.6. The minimum atomic E-state index is -0.588. The van der Waals surface area contributed by atoms with E-state index < -0.39 is 23.9 Å². The first kappa shape index (κ1) is 11.8. The summed E-state index contributed by atoms with van der Waals surface area (Å²) >= 11 is 0. The highest BCUT2D eigenvalue weighted by Crippen LogP contribution is 2.11. The fourth-order valence-corrected chi connectivity index (χ4v) is 0.916. The number of hydrogen-bond acceptors (Lipinski definition) is 6. The molecule has 0 atom stereocenters. The van der Waals surface area contributed by atoms with Crippen molar-refractivity contribution in [2.75, 3.05) is 0 Å². The van der Waals surface area contributed by atoms with Crippen LogP contribution in [-0.2, 0) is 28.7 Å². The van der Waals surface area contributed by atoms with Crippen LogP contribution in [0.1, 0.15) is 12.8 Å². The highest BCUT2D eigenvalue weighted by Gasteiger charge is 2.24. The Morgan fingerprint density at radius 3 is 1.12 bits per heavy atom. The minimum Gasteiger partial charge on any atom is -0.389 e. The maximum absolute atomic E-state index is 10.2. The first-order chi connectivity index (χ1) is 7.40. The van der Waals surface area contributed by atoms with Gasteiger partial charge in [0.2, 0.25) is 0 Å². The van der Waals surface area contributed by atoms with Gasteiger partial charge < -0.3 is 9.47 Å². The van der Waals surface area contributed by atoms with Crippen LogP contribution in [0.4, 0.5) is 0 Å². The summed E-state index contributed by atoms with van der Waals surface area (Å²) in [5, 5.41) is 0. The van der Waals surface area contributed by atoms with Crippen molar-refractivity contribution in [3.8, 4) is 0 Å². The van der Waals surface area contributed by atoms with E-state index in [-0.39, 0.29) is 24.0 Å². The summed E-state index contributed by atoms with van der Waals surface area (Å²) in [5.74, 6) is -2.18. The van der Waals surface area contributed by atoms with Gasteiger partial charge in [-0.1, -0.05) is 13.2 Å². The molecule has 2 aliphatic heterocycles. The monoisotopic (exact) mass is 224 g/mol. The summed E-state index contributed by atoms with van der Waals surface area (Å²) < 4.78 is 8.19. The molecule has 0 saturated carbocycles. The Bertz CT molecular complexity index is 341. The Morgan fingerprint density at radius 1 is 0.750 bits per heavy atom. The molecule has 2 aliphatic rings. The molecule has 2 rings (SSSR count). The van der Waals surface area contributed by atoms with Crippen molar-refractivity contribution < 1.29 is 28.7 Å². The van der Waals surface area contributed by atoms with Crippen molar-refractivity contribution in [2.45, 2.75) is 12.8 Å². The molecule has 84 valence electrons. The lowest BCUT2D eigenvalue weighted by molar-refractivity contribution is -0.152. The van der Waals surface area contributed by atoms with Crippen LogP contribution in [0.25, 0.3) is 0 Å². The average Bonchev–Trinajstić information content (AvgIpc) is 2.58. The van der Waals surface area contributed by atoms with Crippen LogP contribution < -0.4 is 0 Å². The quantitative estimate of drug-likeness (QED) is 0.328. The fourth-order valence-electron chi connectivity index (χ4n) is 0.916. The smallest absolute Gasteiger partial charge is 0.341 e. The summed E-state index contributed by atoms with van der Waals surface area (Å²) in [5.41, 5.74) is 0.491. The van der Waals surface area contributed by atoms with E-state index in [0.29, 0.717) is 0 Å². The molecule has 2 fully saturated rings. The topological polar surface area (TPSA) is 86.7 Å². The second-order valence-corrected chi connectivity index (χ2v) is 3.08. The molecule has 2 saturated heterocycles. The number of esters is 4. The molecule has 0 radical (unpaired) electrons. The van der Waals surface area contributed by atoms with Crippen molar-refractivity contribution in [3.63, 3.8) is 0 Å². The van der Waals surface area contributed by atoms with Gasteiger partial charge in [-0.2, -0.15) is 0 Å². The largest absolute Gasteiger partial charge is 0.389 e. The summed E-state index contributed by atoms with van der Waals surface area (Å²) in [6.45, 7) is 6.58. The summed E-state index contributed by atoms with van der Waals surface area (Å²) in [4.78, 5) is 40.8. The third-order valence-electron chi connectivity index (χ3n) is 1.71. The standard InChI is InChI=1S/2C5H4O3/c2*1-3-2-4(6)8-5(3)7/h2*1-2H2. The molecule has 0 amide bonds. The first-order valence-corrected chi connectivity index (χ1v) is 4.25. The predicted octanol–water partition coefficient (Wildman–Crippen LogP) is 0.0322. The zero-order valence-electron chi connectivity index (χ0n) is 8.28. The van der Waals surface area contributed by atoms with E-state index in [4.69, 9.17) is 0 Å². The van der Waals surface area contributed by atoms with Gasteiger partial charge in [-0.05, 0) is 0 Å². The van der Waals surface area contributed by atoms with Gasteiger partial charge in [0, 0.05) is 11.1 Å². The molecule has 0 N–H and O–H groups in total. The van der Waals surface area contributed by atoms with Gasteiger partial charge in [0.1, 0.15) is 0 Å². The second kappa shape index (κ2) is 4.52. The van der Waals surface area contributed by atoms with Crippen LogP contribution in [0.15, 0.2) is 24.3 Å². The summed E-state index contributed by atoms with van der Waals surface area (Å²) in [7, 11) is 0. The van der Waals surface area contributed by atoms with Gasteiger partial charge >= 0.3 is 23.9 Å². The number of hydrogen-bond donors (Lipinski definition) is 0. The van der Waals surface area contributed by atoms with Crippen LogP contribution in [0.3, 0.4) is 0 Å². The van der Waals surface area contributed by atoms with Crippen LogP contribution in [-0.4, -0.2) is 23.9 Å². The van der Waals surface area contributed by atoms with Crippen molar-refractivity contribution >= 4 is 23.9 Å². The molecule has 0 aromatic carbocycles. The van der Waals surface area contributed by atoms with E-state index in [9.17, 15) is 19.2 Å². The molecular weight excluding hydrogens is 216 g/mol. The molecular formula is C10H8O6. The van der Waals surface area contributed by atoms with E-state index in [1.165, 1.54) is 0 Å². The number of cyclic esters (lactones) is 4. The molecule has 0 aromatic heterocycles. The molecule has 0 spiro atoms. The molecule has 0 bridgehead atoms. The zero-order valence-corrected chi connectivity index (χ0v) is 8.28. The van der Waals surface area contributed by atoms with Crippen molar-refractivity contribution in [2.24, 2.45) is 0 Å². The predicted molar refractivity (Wildman–Crippen MR) is 49.7 cm³/mol. The molecule has 16 heavy (non-hydrogen) atoms. The molecule has 0 aliphatic carbocycles. The average molecular weight is 224 g/mol. The van der Waals surface area contributed by atoms with Crippen molar-refractivity contribution in [3.05, 3.63) is 24.3 Å². The summed E-state index contributed by atoms with van der Waals surface area (Å²) in [6.07, 6.45) is 0.109. The molecule has 6 nitrogen and oxygen atoms in total. The van der Waals surface area contributed by atoms with Crippen LogP contribution in [0, 0.1) is 0 Å². The zero-order chi connectivity index (χ0) is 12.3. The SMILES string of the molecule is C=C1CC(=O)OC1=O.C=C1CC(=O)OC1=O. The van der Waals surface area contributed by atoms with E-state index in [2.05, 4.69) is 22.6 Å². The van der Waals surface area contributed by atoms with Gasteiger partial charge in [-0.15, -0.1) is 0 Å². The first-order valence-electron chi connectivity index (χ1n) is 4.25. The molecule has 6 heteroatoms. The molecule has 0 unspecified atom stereocenters. The summed E-state index contributed by atoms with van der Waals surface area (Å²) in [6, 6.07) is 0. The Hall–Kier alpha value is -2.24. The van der Waals surface area contributed by atoms with Crippen molar-refractivity contribution in [1.82, 2.24) is 0 Å².